The molecule has 0 aliphatic heterocycles. The van der Waals surface area contributed by atoms with Gasteiger partial charge in [-0.15, -0.1) is 11.8 Å². The minimum Gasteiger partial charge on any atom is -0.481 e. The first kappa shape index (κ1) is 13.0. The second kappa shape index (κ2) is 5.86. The molecule has 0 saturated carbocycles. The predicted octanol–water partition coefficient (Wildman–Crippen LogP) is 2.03. The fraction of sp³-hybridized carbons (Fsp3) is 0.200. The third-order valence-electron chi connectivity index (χ3n) is 1.87. The van der Waals surface area contributed by atoms with Crippen molar-refractivity contribution in [2.75, 3.05) is 5.75 Å². The lowest BCUT2D eigenvalue weighted by molar-refractivity contribution is -0.384. The highest BCUT2D eigenvalue weighted by atomic mass is 32.2. The zero-order valence-electron chi connectivity index (χ0n) is 8.62. The van der Waals surface area contributed by atoms with E-state index >= 15 is 0 Å². The lowest BCUT2D eigenvalue weighted by Crippen LogP contribution is -1.96. The molecule has 0 aromatic heterocycles. The van der Waals surface area contributed by atoms with E-state index in [1.165, 1.54) is 30.0 Å². The van der Waals surface area contributed by atoms with E-state index in [2.05, 4.69) is 0 Å². The van der Waals surface area contributed by atoms with Gasteiger partial charge in [-0.25, -0.2) is 0 Å². The Morgan fingerprint density at radius 3 is 2.82 bits per heavy atom. The molecule has 0 amide bonds. The number of nitriles is 1. The third kappa shape index (κ3) is 3.77. The third-order valence-corrected chi connectivity index (χ3v) is 2.94. The van der Waals surface area contributed by atoms with Crippen LogP contribution in [-0.4, -0.2) is 21.8 Å². The molecule has 0 radical (unpaired) electrons. The van der Waals surface area contributed by atoms with Crippen LogP contribution in [0.4, 0.5) is 5.69 Å². The van der Waals surface area contributed by atoms with Crippen molar-refractivity contribution in [3.05, 3.63) is 33.9 Å². The van der Waals surface area contributed by atoms with Gasteiger partial charge in [0.1, 0.15) is 6.07 Å². The molecule has 1 aromatic rings. The van der Waals surface area contributed by atoms with Gasteiger partial charge in [0.25, 0.3) is 5.69 Å². The Morgan fingerprint density at radius 1 is 1.59 bits per heavy atom. The van der Waals surface area contributed by atoms with Crippen LogP contribution < -0.4 is 0 Å². The molecule has 1 aromatic carbocycles. The van der Waals surface area contributed by atoms with Crippen molar-refractivity contribution in [1.29, 1.82) is 5.26 Å². The molecule has 0 fully saturated rings. The molecule has 0 spiro atoms. The van der Waals surface area contributed by atoms with E-state index < -0.39 is 10.9 Å². The monoisotopic (exact) mass is 252 g/mol. The predicted molar refractivity (Wildman–Crippen MR) is 60.8 cm³/mol. The summed E-state index contributed by atoms with van der Waals surface area (Å²) in [4.78, 5) is 20.8. The zero-order valence-corrected chi connectivity index (χ0v) is 9.44. The maximum absolute atomic E-state index is 10.5. The number of rotatable bonds is 5. The summed E-state index contributed by atoms with van der Waals surface area (Å²) in [6.07, 6.45) is -0.0213. The average Bonchev–Trinajstić information content (AvgIpc) is 2.28. The van der Waals surface area contributed by atoms with Crippen LogP contribution in [0.15, 0.2) is 23.1 Å². The number of carboxylic acid groups (broad SMARTS) is 1. The fourth-order valence-corrected chi connectivity index (χ4v) is 2.01. The number of nitrogens with zero attached hydrogens (tertiary/aromatic N) is 2. The standard InChI is InChI=1S/C10H8N2O4S/c11-6-7-5-8(12(15)16)1-2-9(7)17-4-3-10(13)14/h1-2,5H,3-4H2,(H,13,14). The molecule has 88 valence electrons. The summed E-state index contributed by atoms with van der Waals surface area (Å²) < 4.78 is 0. The first-order chi connectivity index (χ1) is 8.04. The Bertz CT molecular complexity index is 496. The molecule has 0 unspecified atom stereocenters. The number of benzene rings is 1. The quantitative estimate of drug-likeness (QED) is 0.488. The maximum atomic E-state index is 10.5. The Labute approximate surface area is 101 Å². The molecule has 0 aliphatic carbocycles. The van der Waals surface area contributed by atoms with E-state index in [9.17, 15) is 14.9 Å². The van der Waals surface area contributed by atoms with Crippen molar-refractivity contribution in [3.63, 3.8) is 0 Å². The van der Waals surface area contributed by atoms with Crippen LogP contribution in [-0.2, 0) is 4.79 Å². The van der Waals surface area contributed by atoms with Crippen LogP contribution in [0.25, 0.3) is 0 Å². The van der Waals surface area contributed by atoms with E-state index in [0.29, 0.717) is 10.6 Å². The van der Waals surface area contributed by atoms with Gasteiger partial charge in [-0.1, -0.05) is 0 Å². The summed E-state index contributed by atoms with van der Waals surface area (Å²) in [6.45, 7) is 0. The van der Waals surface area contributed by atoms with Crippen LogP contribution in [0.2, 0.25) is 0 Å². The number of nitro groups is 1. The van der Waals surface area contributed by atoms with Crippen LogP contribution in [0.5, 0.6) is 0 Å². The molecule has 0 aliphatic rings. The SMILES string of the molecule is N#Cc1cc([N+](=O)[O-])ccc1SCCC(=O)O. The van der Waals surface area contributed by atoms with Gasteiger partial charge in [0, 0.05) is 22.8 Å². The summed E-state index contributed by atoms with van der Waals surface area (Å²) in [5.41, 5.74) is 0.0405. The van der Waals surface area contributed by atoms with Gasteiger partial charge in [0.15, 0.2) is 0 Å². The normalized spacial score (nSPS) is 9.59. The maximum Gasteiger partial charge on any atom is 0.304 e. The molecule has 7 heteroatoms. The van der Waals surface area contributed by atoms with Crippen molar-refractivity contribution in [1.82, 2.24) is 0 Å². The number of carbonyl (C=O) groups is 1. The molecule has 1 N–H and O–H groups in total. The van der Waals surface area contributed by atoms with Gasteiger partial charge in [-0.05, 0) is 6.07 Å². The number of carboxylic acids is 1. The Morgan fingerprint density at radius 2 is 2.29 bits per heavy atom. The molecule has 17 heavy (non-hydrogen) atoms. The van der Waals surface area contributed by atoms with Crippen molar-refractivity contribution in [2.24, 2.45) is 0 Å². The van der Waals surface area contributed by atoms with Gasteiger partial charge in [-0.3, -0.25) is 14.9 Å². The average molecular weight is 252 g/mol. The van der Waals surface area contributed by atoms with Gasteiger partial charge in [-0.2, -0.15) is 5.26 Å². The van der Waals surface area contributed by atoms with Crippen molar-refractivity contribution < 1.29 is 14.8 Å². The minimum absolute atomic E-state index is 0.0213. The van der Waals surface area contributed by atoms with Crippen LogP contribution in [0.1, 0.15) is 12.0 Å². The number of thioether (sulfide) groups is 1. The molecule has 1 rings (SSSR count). The second-order valence-corrected chi connectivity index (χ2v) is 4.18. The summed E-state index contributed by atoms with van der Waals surface area (Å²) in [6, 6.07) is 5.80. The van der Waals surface area contributed by atoms with Crippen LogP contribution in [0.3, 0.4) is 0 Å². The topological polar surface area (TPSA) is 104 Å². The molecular formula is C10H8N2O4S. The van der Waals surface area contributed by atoms with E-state index in [1.54, 1.807) is 0 Å². The molecule has 0 saturated heterocycles. The van der Waals surface area contributed by atoms with Gasteiger partial charge >= 0.3 is 5.97 Å². The lowest BCUT2D eigenvalue weighted by Gasteiger charge is -2.02. The summed E-state index contributed by atoms with van der Waals surface area (Å²) in [7, 11) is 0. The van der Waals surface area contributed by atoms with Crippen molar-refractivity contribution >= 4 is 23.4 Å². The highest BCUT2D eigenvalue weighted by molar-refractivity contribution is 7.99. The highest BCUT2D eigenvalue weighted by Gasteiger charge is 2.11. The Kier molecular flexibility index (Phi) is 4.48. The number of nitro benzene ring substituents is 1. The second-order valence-electron chi connectivity index (χ2n) is 3.04. The number of hydrogen-bond donors (Lipinski definition) is 1. The van der Waals surface area contributed by atoms with E-state index in [4.69, 9.17) is 10.4 Å². The molecule has 0 atom stereocenters. The fourth-order valence-electron chi connectivity index (χ4n) is 1.09. The largest absolute Gasteiger partial charge is 0.481 e. The Balaban J connectivity index is 2.83. The molecule has 0 heterocycles. The van der Waals surface area contributed by atoms with E-state index in [0.717, 1.165) is 0 Å². The smallest absolute Gasteiger partial charge is 0.304 e. The molecular weight excluding hydrogens is 244 g/mol. The lowest BCUT2D eigenvalue weighted by atomic mass is 10.2. The van der Waals surface area contributed by atoms with Crippen LogP contribution in [0, 0.1) is 21.4 Å². The summed E-state index contributed by atoms with van der Waals surface area (Å²) in [5.74, 6) is -0.597. The number of non-ortho nitro benzene ring substituents is 1. The minimum atomic E-state index is -0.919. The van der Waals surface area contributed by atoms with Gasteiger partial charge in [0.05, 0.1) is 16.9 Å². The summed E-state index contributed by atoms with van der Waals surface area (Å²) >= 11 is 1.19. The van der Waals surface area contributed by atoms with Crippen LogP contribution >= 0.6 is 11.8 Å². The van der Waals surface area contributed by atoms with Gasteiger partial charge in [0.2, 0.25) is 0 Å². The van der Waals surface area contributed by atoms with E-state index in [1.807, 2.05) is 6.07 Å². The Hall–Kier alpha value is -2.07. The number of hydrogen-bond acceptors (Lipinski definition) is 5. The van der Waals surface area contributed by atoms with Crippen molar-refractivity contribution in [3.8, 4) is 6.07 Å². The van der Waals surface area contributed by atoms with E-state index in [-0.39, 0.29) is 17.7 Å². The number of aliphatic carboxylic acids is 1. The molecule has 6 nitrogen and oxygen atoms in total. The van der Waals surface area contributed by atoms with Gasteiger partial charge < -0.3 is 5.11 Å². The summed E-state index contributed by atoms with van der Waals surface area (Å²) in [5, 5.41) is 27.8. The first-order valence-electron chi connectivity index (χ1n) is 4.57. The molecule has 0 bridgehead atoms. The zero-order chi connectivity index (χ0) is 12.8. The van der Waals surface area contributed by atoms with Crippen molar-refractivity contribution in [2.45, 2.75) is 11.3 Å². The first-order valence-corrected chi connectivity index (χ1v) is 5.56. The highest BCUT2D eigenvalue weighted by Crippen LogP contribution is 2.26.